The number of hydrogen-bond donors (Lipinski definition) is 0. The molecule has 0 bridgehead atoms. The smallest absolute Gasteiger partial charge is 0.255 e. The van der Waals surface area contributed by atoms with Crippen molar-refractivity contribution in [2.75, 3.05) is 7.11 Å². The van der Waals surface area contributed by atoms with Gasteiger partial charge in [0.05, 0.1) is 7.11 Å². The van der Waals surface area contributed by atoms with Crippen molar-refractivity contribution in [3.63, 3.8) is 0 Å². The van der Waals surface area contributed by atoms with Crippen molar-refractivity contribution in [2.24, 2.45) is 0 Å². The summed E-state index contributed by atoms with van der Waals surface area (Å²) in [6.45, 7) is 0. The summed E-state index contributed by atoms with van der Waals surface area (Å²) >= 11 is 4.12. The van der Waals surface area contributed by atoms with Gasteiger partial charge in [0.15, 0.2) is 5.06 Å². The fourth-order valence-electron chi connectivity index (χ4n) is 0.716. The van der Waals surface area contributed by atoms with E-state index in [4.69, 9.17) is 4.74 Å². The molecule has 0 saturated heterocycles. The minimum absolute atomic E-state index is 0.585. The summed E-state index contributed by atoms with van der Waals surface area (Å²) in [6.07, 6.45) is -2.38. The van der Waals surface area contributed by atoms with Crippen LogP contribution in [0.5, 0.6) is 5.06 Å². The lowest BCUT2D eigenvalue weighted by molar-refractivity contribution is 0.148. The second-order valence-electron chi connectivity index (χ2n) is 2.10. The fourth-order valence-corrected chi connectivity index (χ4v) is 1.95. The van der Waals surface area contributed by atoms with Crippen LogP contribution in [0.1, 0.15) is 9.70 Å². The lowest BCUT2D eigenvalue weighted by Crippen LogP contribution is -1.98. The fraction of sp³-hybridized carbons (Fsp3) is 0.429. The molecule has 0 radical (unpaired) electrons. The van der Waals surface area contributed by atoms with Gasteiger partial charge in [-0.3, -0.25) is 0 Å². The molecule has 0 N–H and O–H groups in total. The van der Waals surface area contributed by atoms with Crippen LogP contribution in [0.4, 0.5) is 8.78 Å². The Morgan fingerprint density at radius 2 is 2.17 bits per heavy atom. The van der Waals surface area contributed by atoms with E-state index in [-0.39, 0.29) is 0 Å². The van der Waals surface area contributed by atoms with Crippen LogP contribution in [-0.2, 0) is 0 Å². The Morgan fingerprint density at radius 3 is 2.58 bits per heavy atom. The van der Waals surface area contributed by atoms with Gasteiger partial charge in [-0.15, -0.1) is 11.3 Å². The first kappa shape index (κ1) is 9.92. The number of ether oxygens (including phenoxy) is 1. The molecule has 0 spiro atoms. The molecule has 5 heteroatoms. The lowest BCUT2D eigenvalue weighted by Gasteiger charge is -2.03. The zero-order valence-electron chi connectivity index (χ0n) is 6.26. The highest BCUT2D eigenvalue weighted by molar-refractivity contribution is 9.09. The van der Waals surface area contributed by atoms with E-state index in [1.54, 1.807) is 12.1 Å². The van der Waals surface area contributed by atoms with Gasteiger partial charge in [-0.25, -0.2) is 8.78 Å². The average Bonchev–Trinajstić information content (AvgIpc) is 2.50. The molecule has 12 heavy (non-hydrogen) atoms. The minimum atomic E-state index is -2.38. The maximum Gasteiger partial charge on any atom is 0.255 e. The average molecular weight is 257 g/mol. The van der Waals surface area contributed by atoms with Crippen LogP contribution in [0.15, 0.2) is 12.1 Å². The predicted molar refractivity (Wildman–Crippen MR) is 48.5 cm³/mol. The van der Waals surface area contributed by atoms with Crippen molar-refractivity contribution in [2.45, 2.75) is 11.3 Å². The Morgan fingerprint density at radius 1 is 1.50 bits per heavy atom. The van der Waals surface area contributed by atoms with Gasteiger partial charge in [0, 0.05) is 4.88 Å². The van der Waals surface area contributed by atoms with Crippen molar-refractivity contribution in [3.05, 3.63) is 17.0 Å². The van der Waals surface area contributed by atoms with Crippen LogP contribution in [0.3, 0.4) is 0 Å². The van der Waals surface area contributed by atoms with Gasteiger partial charge in [-0.05, 0) is 12.1 Å². The highest BCUT2D eigenvalue weighted by atomic mass is 79.9. The third-order valence-corrected chi connectivity index (χ3v) is 3.62. The highest BCUT2D eigenvalue weighted by Crippen LogP contribution is 2.36. The molecule has 0 fully saturated rings. The summed E-state index contributed by atoms with van der Waals surface area (Å²) < 4.78 is 29.2. The van der Waals surface area contributed by atoms with E-state index in [1.807, 2.05) is 0 Å². The first-order valence-electron chi connectivity index (χ1n) is 3.21. The minimum Gasteiger partial charge on any atom is -0.487 e. The van der Waals surface area contributed by atoms with E-state index < -0.39 is 11.3 Å². The topological polar surface area (TPSA) is 9.23 Å². The molecule has 0 amide bonds. The molecule has 1 atom stereocenters. The van der Waals surface area contributed by atoms with Crippen LogP contribution < -0.4 is 4.74 Å². The van der Waals surface area contributed by atoms with E-state index in [9.17, 15) is 8.78 Å². The second kappa shape index (κ2) is 4.18. The van der Waals surface area contributed by atoms with Gasteiger partial charge in [0.25, 0.3) is 6.43 Å². The quantitative estimate of drug-likeness (QED) is 0.753. The molecule has 0 aliphatic rings. The van der Waals surface area contributed by atoms with E-state index in [0.717, 1.165) is 0 Å². The first-order valence-corrected chi connectivity index (χ1v) is 4.94. The van der Waals surface area contributed by atoms with Gasteiger partial charge in [0.2, 0.25) is 0 Å². The van der Waals surface area contributed by atoms with Crippen molar-refractivity contribution in [1.82, 2.24) is 0 Å². The van der Waals surface area contributed by atoms with Gasteiger partial charge in [-0.2, -0.15) is 0 Å². The van der Waals surface area contributed by atoms with Gasteiger partial charge in [-0.1, -0.05) is 15.9 Å². The van der Waals surface area contributed by atoms with Crippen LogP contribution in [0.25, 0.3) is 0 Å². The highest BCUT2D eigenvalue weighted by Gasteiger charge is 2.20. The summed E-state index contributed by atoms with van der Waals surface area (Å²) in [5.74, 6) is 0. The number of methoxy groups -OCH3 is 1. The zero-order valence-corrected chi connectivity index (χ0v) is 8.66. The molecule has 1 aromatic heterocycles. The monoisotopic (exact) mass is 256 g/mol. The third-order valence-electron chi connectivity index (χ3n) is 1.30. The Bertz CT molecular complexity index is 251. The molecule has 68 valence electrons. The van der Waals surface area contributed by atoms with Gasteiger partial charge >= 0.3 is 0 Å². The number of rotatable bonds is 3. The molecule has 0 aliphatic carbocycles. The number of halogens is 3. The molecule has 0 aliphatic heterocycles. The third kappa shape index (κ3) is 2.17. The van der Waals surface area contributed by atoms with E-state index in [0.29, 0.717) is 9.94 Å². The predicted octanol–water partition coefficient (Wildman–Crippen LogP) is 3.46. The Labute approximate surface area is 81.5 Å². The van der Waals surface area contributed by atoms with Gasteiger partial charge < -0.3 is 4.74 Å². The molecule has 1 unspecified atom stereocenters. The van der Waals surface area contributed by atoms with Crippen LogP contribution in [-0.4, -0.2) is 13.5 Å². The van der Waals surface area contributed by atoms with Crippen LogP contribution >= 0.6 is 27.3 Å². The Kier molecular flexibility index (Phi) is 3.46. The van der Waals surface area contributed by atoms with Crippen molar-refractivity contribution < 1.29 is 13.5 Å². The largest absolute Gasteiger partial charge is 0.487 e. The molecule has 0 aromatic carbocycles. The standard InChI is InChI=1S/C7H7BrF2OS/c1-11-5-3-2-4(12-5)6(8)7(9)10/h2-3,6-7H,1H3. The lowest BCUT2D eigenvalue weighted by atomic mass is 10.3. The summed E-state index contributed by atoms with van der Waals surface area (Å²) in [5, 5.41) is 0.648. The SMILES string of the molecule is COc1ccc(C(Br)C(F)F)s1. The molecular weight excluding hydrogens is 250 g/mol. The van der Waals surface area contributed by atoms with Crippen LogP contribution in [0, 0.1) is 0 Å². The molecular formula is C7H7BrF2OS. The summed E-state index contributed by atoms with van der Waals surface area (Å²) in [6, 6.07) is 3.31. The number of alkyl halides is 3. The second-order valence-corrected chi connectivity index (χ2v) is 4.16. The molecule has 1 heterocycles. The van der Waals surface area contributed by atoms with E-state index >= 15 is 0 Å². The molecule has 1 aromatic rings. The van der Waals surface area contributed by atoms with E-state index in [2.05, 4.69) is 15.9 Å². The Hall–Kier alpha value is -0.160. The normalized spacial score (nSPS) is 13.4. The van der Waals surface area contributed by atoms with E-state index in [1.165, 1.54) is 18.4 Å². The van der Waals surface area contributed by atoms with Crippen molar-refractivity contribution in [3.8, 4) is 5.06 Å². The zero-order chi connectivity index (χ0) is 9.14. The molecule has 1 rings (SSSR count). The molecule has 1 nitrogen and oxygen atoms in total. The first-order chi connectivity index (χ1) is 5.65. The van der Waals surface area contributed by atoms with Crippen molar-refractivity contribution in [1.29, 1.82) is 0 Å². The maximum absolute atomic E-state index is 12.1. The summed E-state index contributed by atoms with van der Waals surface area (Å²) in [4.78, 5) is -0.298. The maximum atomic E-state index is 12.1. The summed E-state index contributed by atoms with van der Waals surface area (Å²) in [7, 11) is 1.52. The van der Waals surface area contributed by atoms with Crippen LogP contribution in [0.2, 0.25) is 0 Å². The van der Waals surface area contributed by atoms with Gasteiger partial charge in [0.1, 0.15) is 4.83 Å². The van der Waals surface area contributed by atoms with Crippen molar-refractivity contribution >= 4 is 27.3 Å². The number of hydrogen-bond acceptors (Lipinski definition) is 2. The molecule has 0 saturated carbocycles. The Balaban J connectivity index is 2.74. The summed E-state index contributed by atoms with van der Waals surface area (Å²) in [5.41, 5.74) is 0. The number of thiophene rings is 1.